The van der Waals surface area contributed by atoms with E-state index < -0.39 is 11.3 Å². The summed E-state index contributed by atoms with van der Waals surface area (Å²) >= 11 is 0. The van der Waals surface area contributed by atoms with E-state index in [4.69, 9.17) is 10.5 Å². The molecule has 0 spiro atoms. The molecule has 0 aromatic heterocycles. The topological polar surface area (TPSA) is 95.2 Å². The second kappa shape index (κ2) is 7.48. The van der Waals surface area contributed by atoms with Gasteiger partial charge in [0.05, 0.1) is 18.2 Å². The number of amidine groups is 1. The van der Waals surface area contributed by atoms with Crippen LogP contribution in [0, 0.1) is 97.2 Å². The summed E-state index contributed by atoms with van der Waals surface area (Å²) in [7, 11) is 0. The molecule has 2 N–H and O–H groups in total. The van der Waals surface area contributed by atoms with E-state index in [1.54, 1.807) is 0 Å². The van der Waals surface area contributed by atoms with E-state index in [1.165, 1.54) is 0 Å². The molecule has 3 aliphatic rings. The van der Waals surface area contributed by atoms with Gasteiger partial charge in [0.25, 0.3) is 0 Å². The highest BCUT2D eigenvalue weighted by molar-refractivity contribution is 5.93. The van der Waals surface area contributed by atoms with E-state index >= 15 is 0 Å². The first-order valence-corrected chi connectivity index (χ1v) is 8.11. The molecule has 5 nitrogen and oxygen atoms in total. The third kappa shape index (κ3) is 3.13. The number of aliphatic imine (C=N–C) groups is 1. The smallest absolute Gasteiger partial charge is 0.229 e. The molecule has 0 aromatic rings. The van der Waals surface area contributed by atoms with Crippen LogP contribution >= 0.6 is 0 Å². The van der Waals surface area contributed by atoms with E-state index in [2.05, 4.69) is 17.1 Å². The Morgan fingerprint density at radius 1 is 1.16 bits per heavy atom. The first kappa shape index (κ1) is 17.8. The second-order valence-electron chi connectivity index (χ2n) is 5.97. The molecule has 2 aliphatic carbocycles. The van der Waals surface area contributed by atoms with Gasteiger partial charge in [-0.1, -0.05) is 0 Å². The normalized spacial score (nSPS) is 30.8. The van der Waals surface area contributed by atoms with Crippen LogP contribution < -0.4 is 5.73 Å². The van der Waals surface area contributed by atoms with Crippen molar-refractivity contribution in [2.45, 2.75) is 13.3 Å². The fraction of sp³-hybridized carbons (Fsp3) is 0.250. The molecule has 1 aliphatic heterocycles. The average Bonchev–Trinajstić information content (AvgIpc) is 3.30. The zero-order valence-corrected chi connectivity index (χ0v) is 13.9. The highest BCUT2D eigenvalue weighted by atomic mass is 16.5. The lowest BCUT2D eigenvalue weighted by molar-refractivity contribution is 0.211. The minimum absolute atomic E-state index is 0.185. The highest BCUT2D eigenvalue weighted by Gasteiger charge is 2.54. The maximum Gasteiger partial charge on any atom is 0.229 e. The van der Waals surface area contributed by atoms with Crippen molar-refractivity contribution in [1.82, 2.24) is 0 Å². The second-order valence-corrected chi connectivity index (χ2v) is 5.97. The van der Waals surface area contributed by atoms with Crippen molar-refractivity contribution >= 4 is 5.84 Å². The van der Waals surface area contributed by atoms with Crippen molar-refractivity contribution in [3.05, 3.63) is 74.7 Å². The van der Waals surface area contributed by atoms with Gasteiger partial charge in [-0.05, 0) is 76.5 Å². The van der Waals surface area contributed by atoms with Gasteiger partial charge < -0.3 is 10.5 Å². The summed E-state index contributed by atoms with van der Waals surface area (Å²) in [6, 6.07) is 4.58. The van der Waals surface area contributed by atoms with E-state index in [9.17, 15) is 10.5 Å². The van der Waals surface area contributed by atoms with Crippen molar-refractivity contribution in [2.24, 2.45) is 22.1 Å². The molecule has 10 radical (unpaired) electrons. The Morgan fingerprint density at radius 2 is 1.80 bits per heavy atom. The Hall–Kier alpha value is -2.01. The molecular formula is C20H18N4O. The number of nitrogens with two attached hydrogens (primary N) is 1. The average molecular weight is 330 g/mol. The molecule has 0 bridgehead atoms. The summed E-state index contributed by atoms with van der Waals surface area (Å²) in [5, 5.41) is 19.9. The lowest BCUT2D eigenvalue weighted by Gasteiger charge is -2.41. The van der Waals surface area contributed by atoms with E-state index in [0.29, 0.717) is 18.6 Å². The van der Waals surface area contributed by atoms with Gasteiger partial charge in [0.15, 0.2) is 0 Å². The molecule has 0 amide bonds. The van der Waals surface area contributed by atoms with Crippen molar-refractivity contribution in [1.29, 1.82) is 10.5 Å². The van der Waals surface area contributed by atoms with Gasteiger partial charge in [-0.3, -0.25) is 0 Å². The highest BCUT2D eigenvalue weighted by Crippen LogP contribution is 2.52. The molecule has 124 valence electrons. The van der Waals surface area contributed by atoms with Crippen molar-refractivity contribution in [3.63, 3.8) is 0 Å². The Kier molecular flexibility index (Phi) is 5.33. The SMILES string of the molecule is CCOC1=C(C#N)C([C]2[CH][CH][CH][CH]2)C(C#N)(C[C]2[CH][CH][CH][CH]2)C(N)=N1. The number of ether oxygens (including phenoxy) is 1. The lowest BCUT2D eigenvalue weighted by atomic mass is 9.61. The van der Waals surface area contributed by atoms with Crippen LogP contribution in [0.3, 0.4) is 0 Å². The minimum atomic E-state index is -1.13. The number of rotatable bonds is 5. The summed E-state index contributed by atoms with van der Waals surface area (Å²) in [5.41, 5.74) is 5.49. The third-order valence-corrected chi connectivity index (χ3v) is 4.53. The van der Waals surface area contributed by atoms with Crippen LogP contribution in [0.4, 0.5) is 0 Å². The van der Waals surface area contributed by atoms with Crippen LogP contribution in [-0.2, 0) is 4.74 Å². The monoisotopic (exact) mass is 330 g/mol. The Balaban J connectivity index is 2.06. The van der Waals surface area contributed by atoms with Gasteiger partial charge >= 0.3 is 0 Å². The Bertz CT molecular complexity index is 642. The molecule has 25 heavy (non-hydrogen) atoms. The summed E-state index contributed by atoms with van der Waals surface area (Å²) in [5.74, 6) is 1.71. The molecule has 1 heterocycles. The van der Waals surface area contributed by atoms with Crippen LogP contribution in [-0.4, -0.2) is 12.4 Å². The molecule has 2 saturated carbocycles. The van der Waals surface area contributed by atoms with Crippen LogP contribution in [0.1, 0.15) is 13.3 Å². The third-order valence-electron chi connectivity index (χ3n) is 4.53. The van der Waals surface area contributed by atoms with Gasteiger partial charge in [0.2, 0.25) is 5.88 Å². The molecule has 0 saturated heterocycles. The Labute approximate surface area is 150 Å². The van der Waals surface area contributed by atoms with Gasteiger partial charge in [0, 0.05) is 5.92 Å². The van der Waals surface area contributed by atoms with Gasteiger partial charge in [0.1, 0.15) is 17.3 Å². The van der Waals surface area contributed by atoms with Crippen molar-refractivity contribution in [3.8, 4) is 12.1 Å². The summed E-state index contributed by atoms with van der Waals surface area (Å²) in [6.45, 7) is 2.19. The zero-order valence-electron chi connectivity index (χ0n) is 13.9. The van der Waals surface area contributed by atoms with Gasteiger partial charge in [-0.2, -0.15) is 15.5 Å². The molecule has 2 unspecified atom stereocenters. The number of nitrogens with zero attached hydrogens (tertiary/aromatic N) is 3. The van der Waals surface area contributed by atoms with E-state index in [0.717, 1.165) is 11.8 Å². The molecule has 0 aromatic carbocycles. The zero-order chi connectivity index (χ0) is 17.9. The molecule has 3 rings (SSSR count). The fourth-order valence-corrected chi connectivity index (χ4v) is 3.39. The fourth-order valence-electron chi connectivity index (χ4n) is 3.39. The number of allylic oxidation sites excluding steroid dienone is 1. The lowest BCUT2D eigenvalue weighted by Crippen LogP contribution is -2.48. The van der Waals surface area contributed by atoms with Crippen molar-refractivity contribution < 1.29 is 4.74 Å². The molecular weight excluding hydrogens is 312 g/mol. The molecule has 2 fully saturated rings. The van der Waals surface area contributed by atoms with Crippen LogP contribution in [0.25, 0.3) is 0 Å². The molecule has 2 atom stereocenters. The predicted molar refractivity (Wildman–Crippen MR) is 92.9 cm³/mol. The predicted octanol–water partition coefficient (Wildman–Crippen LogP) is 2.46. The first-order valence-electron chi connectivity index (χ1n) is 8.11. The molecule has 5 heteroatoms. The van der Waals surface area contributed by atoms with Crippen molar-refractivity contribution in [2.75, 3.05) is 6.61 Å². The van der Waals surface area contributed by atoms with Gasteiger partial charge in [-0.15, -0.1) is 0 Å². The largest absolute Gasteiger partial charge is 0.477 e. The number of nitriles is 2. The Morgan fingerprint density at radius 3 is 2.36 bits per heavy atom. The van der Waals surface area contributed by atoms with Crippen LogP contribution in [0.5, 0.6) is 0 Å². The number of hydrogen-bond donors (Lipinski definition) is 1. The minimum Gasteiger partial charge on any atom is -0.477 e. The van der Waals surface area contributed by atoms with Crippen LogP contribution in [0.15, 0.2) is 16.4 Å². The van der Waals surface area contributed by atoms with E-state index in [1.807, 2.05) is 58.3 Å². The van der Waals surface area contributed by atoms with Gasteiger partial charge in [-0.25, -0.2) is 0 Å². The number of hydrogen-bond acceptors (Lipinski definition) is 5. The maximum absolute atomic E-state index is 10.1. The summed E-state index contributed by atoms with van der Waals surface area (Å²) in [4.78, 5) is 4.30. The summed E-state index contributed by atoms with van der Waals surface area (Å²) < 4.78 is 5.54. The first-order chi connectivity index (χ1) is 12.2. The maximum atomic E-state index is 10.1. The quantitative estimate of drug-likeness (QED) is 0.837. The summed E-state index contributed by atoms with van der Waals surface area (Å²) in [6.07, 6.45) is 15.7. The van der Waals surface area contributed by atoms with Crippen LogP contribution in [0.2, 0.25) is 0 Å². The van der Waals surface area contributed by atoms with E-state index in [-0.39, 0.29) is 11.7 Å². The standard InChI is InChI=1S/C20H18N4O/c1-2-25-18-16(12-21)17(15-9-5-6-10-15)20(13-22,19(23)24-18)11-14-7-3-4-8-14/h3-10,17H,2,11H2,1H3,(H2,23,24).